The van der Waals surface area contributed by atoms with Crippen LogP contribution in [0.1, 0.15) is 40.6 Å². The number of fused-ring (bicyclic) bond motifs is 1. The van der Waals surface area contributed by atoms with Crippen LogP contribution in [0, 0.1) is 11.6 Å². The van der Waals surface area contributed by atoms with E-state index < -0.39 is 27.6 Å². The van der Waals surface area contributed by atoms with Crippen molar-refractivity contribution in [1.29, 1.82) is 0 Å². The van der Waals surface area contributed by atoms with Crippen molar-refractivity contribution in [2.24, 2.45) is 0 Å². The number of amides is 1. The van der Waals surface area contributed by atoms with E-state index in [9.17, 15) is 22.0 Å². The van der Waals surface area contributed by atoms with Crippen molar-refractivity contribution in [1.82, 2.24) is 19.0 Å². The Morgan fingerprint density at radius 1 is 1.23 bits per heavy atom. The number of nitrogens with one attached hydrogen (secondary N) is 1. The van der Waals surface area contributed by atoms with Gasteiger partial charge in [-0.25, -0.2) is 26.5 Å². The van der Waals surface area contributed by atoms with Gasteiger partial charge in [-0.05, 0) is 42.7 Å². The highest BCUT2D eigenvalue weighted by Crippen LogP contribution is 2.29. The molecule has 1 aliphatic rings. The zero-order chi connectivity index (χ0) is 22.2. The van der Waals surface area contributed by atoms with Gasteiger partial charge in [0.25, 0.3) is 5.91 Å². The first kappa shape index (κ1) is 21.4. The number of piperidine rings is 1. The van der Waals surface area contributed by atoms with Crippen LogP contribution in [0.15, 0.2) is 42.6 Å². The van der Waals surface area contributed by atoms with Crippen molar-refractivity contribution >= 4 is 21.4 Å². The van der Waals surface area contributed by atoms with Gasteiger partial charge in [-0.2, -0.15) is 0 Å². The Labute approximate surface area is 178 Å². The molecule has 3 heterocycles. The fourth-order valence-electron chi connectivity index (χ4n) is 3.89. The van der Waals surface area contributed by atoms with E-state index in [4.69, 9.17) is 0 Å². The molecule has 2 aromatic heterocycles. The second-order valence-corrected chi connectivity index (χ2v) is 9.65. The molecule has 3 aromatic rings. The van der Waals surface area contributed by atoms with Crippen molar-refractivity contribution in [3.05, 3.63) is 71.3 Å². The summed E-state index contributed by atoms with van der Waals surface area (Å²) in [5.41, 5.74) is 1.22. The minimum Gasteiger partial charge on any atom is -0.347 e. The maximum absolute atomic E-state index is 13.4. The average Bonchev–Trinajstić information content (AvgIpc) is 3.14. The molecule has 1 N–H and O–H groups in total. The van der Waals surface area contributed by atoms with E-state index in [1.165, 1.54) is 16.6 Å². The Hall–Kier alpha value is -2.85. The van der Waals surface area contributed by atoms with Crippen molar-refractivity contribution in [2.45, 2.75) is 25.3 Å². The Morgan fingerprint density at radius 3 is 2.77 bits per heavy atom. The summed E-state index contributed by atoms with van der Waals surface area (Å²) >= 11 is 0. The largest absolute Gasteiger partial charge is 0.347 e. The lowest BCUT2D eigenvalue weighted by Crippen LogP contribution is -2.38. The highest BCUT2D eigenvalue weighted by molar-refractivity contribution is 7.88. The van der Waals surface area contributed by atoms with Crippen molar-refractivity contribution in [3.8, 4) is 0 Å². The molecular formula is C21H22F2N4O3S. The normalized spacial score (nSPS) is 17.7. The third kappa shape index (κ3) is 4.45. The molecule has 0 spiro atoms. The molecule has 1 fully saturated rings. The molecule has 164 valence electrons. The van der Waals surface area contributed by atoms with E-state index in [1.54, 1.807) is 18.3 Å². The first-order valence-corrected chi connectivity index (χ1v) is 11.7. The second-order valence-electron chi connectivity index (χ2n) is 7.67. The Balaban J connectivity index is 1.60. The number of sulfonamides is 1. The molecule has 1 aromatic carbocycles. The first-order valence-electron chi connectivity index (χ1n) is 9.88. The number of hydrogen-bond acceptors (Lipinski definition) is 4. The lowest BCUT2D eigenvalue weighted by molar-refractivity contribution is 0.0947. The van der Waals surface area contributed by atoms with Gasteiger partial charge >= 0.3 is 0 Å². The molecule has 10 heteroatoms. The number of benzene rings is 1. The molecule has 0 aliphatic carbocycles. The average molecular weight is 448 g/mol. The van der Waals surface area contributed by atoms with Gasteiger partial charge in [-0.15, -0.1) is 0 Å². The predicted octanol–water partition coefficient (Wildman–Crippen LogP) is 2.68. The Kier molecular flexibility index (Phi) is 5.76. The highest BCUT2D eigenvalue weighted by Gasteiger charge is 2.30. The number of imidazole rings is 1. The molecule has 1 atom stereocenters. The van der Waals surface area contributed by atoms with E-state index >= 15 is 0 Å². The highest BCUT2D eigenvalue weighted by atomic mass is 32.2. The molecular weight excluding hydrogens is 426 g/mol. The summed E-state index contributed by atoms with van der Waals surface area (Å²) in [6, 6.07) is 8.82. The summed E-state index contributed by atoms with van der Waals surface area (Å²) in [5.74, 6) is -1.90. The summed E-state index contributed by atoms with van der Waals surface area (Å²) in [7, 11) is -3.32. The third-order valence-electron chi connectivity index (χ3n) is 5.45. The maximum atomic E-state index is 13.4. The smallest absolute Gasteiger partial charge is 0.272 e. The van der Waals surface area contributed by atoms with Gasteiger partial charge in [0.05, 0.1) is 11.8 Å². The first-order chi connectivity index (χ1) is 14.7. The summed E-state index contributed by atoms with van der Waals surface area (Å²) in [5, 5.41) is 2.69. The SMILES string of the molecule is CS(=O)(=O)N1CCC[C@H](c2nc(C(=O)NCc3ccc(F)c(F)c3)c3ccccn23)C1. The van der Waals surface area contributed by atoms with Crippen LogP contribution in [0.2, 0.25) is 0 Å². The van der Waals surface area contributed by atoms with Crippen molar-refractivity contribution < 1.29 is 22.0 Å². The molecule has 0 bridgehead atoms. The fraction of sp³-hybridized carbons (Fsp3) is 0.333. The van der Waals surface area contributed by atoms with E-state index in [-0.39, 0.29) is 18.2 Å². The van der Waals surface area contributed by atoms with Gasteiger partial charge in [0.2, 0.25) is 10.0 Å². The fourth-order valence-corrected chi connectivity index (χ4v) is 4.80. The minimum absolute atomic E-state index is 0.0164. The van der Waals surface area contributed by atoms with Crippen LogP contribution in [0.4, 0.5) is 8.78 Å². The van der Waals surface area contributed by atoms with Gasteiger partial charge < -0.3 is 9.72 Å². The van der Waals surface area contributed by atoms with Crippen LogP contribution in [-0.2, 0) is 16.6 Å². The number of halogens is 2. The predicted molar refractivity (Wildman–Crippen MR) is 111 cm³/mol. The van der Waals surface area contributed by atoms with E-state index in [2.05, 4.69) is 10.3 Å². The van der Waals surface area contributed by atoms with Gasteiger partial charge in [-0.1, -0.05) is 12.1 Å². The van der Waals surface area contributed by atoms with Crippen LogP contribution in [0.3, 0.4) is 0 Å². The molecule has 1 aliphatic heterocycles. The van der Waals surface area contributed by atoms with E-state index in [0.29, 0.717) is 36.4 Å². The second kappa shape index (κ2) is 8.35. The number of aromatic nitrogens is 2. The number of pyridine rings is 1. The number of nitrogens with zero attached hydrogens (tertiary/aromatic N) is 3. The van der Waals surface area contributed by atoms with Crippen LogP contribution in [-0.4, -0.2) is 47.4 Å². The summed E-state index contributed by atoms with van der Waals surface area (Å²) in [6.45, 7) is 0.797. The lowest BCUT2D eigenvalue weighted by atomic mass is 9.99. The number of rotatable bonds is 5. The molecule has 1 amide bonds. The summed E-state index contributed by atoms with van der Waals surface area (Å²) < 4.78 is 53.7. The number of hydrogen-bond donors (Lipinski definition) is 1. The van der Waals surface area contributed by atoms with Crippen LogP contribution < -0.4 is 5.32 Å². The topological polar surface area (TPSA) is 83.8 Å². The van der Waals surface area contributed by atoms with Crippen molar-refractivity contribution in [3.63, 3.8) is 0 Å². The minimum atomic E-state index is -3.32. The zero-order valence-electron chi connectivity index (χ0n) is 16.9. The summed E-state index contributed by atoms with van der Waals surface area (Å²) in [4.78, 5) is 17.4. The van der Waals surface area contributed by atoms with Crippen LogP contribution >= 0.6 is 0 Å². The number of carbonyl (C=O) groups is 1. The number of carbonyl (C=O) groups excluding carboxylic acids is 1. The molecule has 7 nitrogen and oxygen atoms in total. The quantitative estimate of drug-likeness (QED) is 0.651. The maximum Gasteiger partial charge on any atom is 0.272 e. The van der Waals surface area contributed by atoms with Crippen molar-refractivity contribution in [2.75, 3.05) is 19.3 Å². The van der Waals surface area contributed by atoms with E-state index in [0.717, 1.165) is 18.6 Å². The summed E-state index contributed by atoms with van der Waals surface area (Å²) in [6.07, 6.45) is 4.45. The molecule has 4 rings (SSSR count). The zero-order valence-corrected chi connectivity index (χ0v) is 17.7. The van der Waals surface area contributed by atoms with Gasteiger partial charge in [0, 0.05) is 31.7 Å². The van der Waals surface area contributed by atoms with Crippen LogP contribution in [0.25, 0.3) is 5.52 Å². The Bertz CT molecular complexity index is 1240. The van der Waals surface area contributed by atoms with Gasteiger partial charge in [-0.3, -0.25) is 4.79 Å². The Morgan fingerprint density at radius 2 is 2.03 bits per heavy atom. The molecule has 0 saturated carbocycles. The molecule has 1 saturated heterocycles. The van der Waals surface area contributed by atoms with Gasteiger partial charge in [0.1, 0.15) is 5.82 Å². The van der Waals surface area contributed by atoms with Gasteiger partial charge in [0.15, 0.2) is 17.3 Å². The monoisotopic (exact) mass is 448 g/mol. The molecule has 31 heavy (non-hydrogen) atoms. The standard InChI is InChI=1S/C21H22F2N4O3S/c1-31(29,30)26-9-4-5-15(13-26)20-25-19(18-6-2-3-10-27(18)20)21(28)24-12-14-7-8-16(22)17(23)11-14/h2-3,6-8,10-11,15H,4-5,9,12-13H2,1H3,(H,24,28)/t15-/m0/s1. The molecule has 0 unspecified atom stereocenters. The third-order valence-corrected chi connectivity index (χ3v) is 6.72. The lowest BCUT2D eigenvalue weighted by Gasteiger charge is -2.30. The molecule has 0 radical (unpaired) electrons. The van der Waals surface area contributed by atoms with Crippen LogP contribution in [0.5, 0.6) is 0 Å². The van der Waals surface area contributed by atoms with E-state index in [1.807, 2.05) is 10.5 Å².